The first-order valence-electron chi connectivity index (χ1n) is 10.4. The van der Waals surface area contributed by atoms with Gasteiger partial charge in [-0.3, -0.25) is 9.59 Å². The molecule has 2 aromatic rings. The van der Waals surface area contributed by atoms with Gasteiger partial charge in [0.1, 0.15) is 26.2 Å². The zero-order valence-corrected chi connectivity index (χ0v) is 18.2. The molecule has 33 heavy (non-hydrogen) atoms. The van der Waals surface area contributed by atoms with Crippen LogP contribution < -0.4 is 0 Å². The van der Waals surface area contributed by atoms with Crippen molar-refractivity contribution in [3.8, 4) is 0 Å². The monoisotopic (exact) mass is 452 g/mol. The fourth-order valence-corrected chi connectivity index (χ4v) is 3.06. The van der Waals surface area contributed by atoms with Crippen LogP contribution in [0.25, 0.3) is 0 Å². The number of hydrogen-bond donors (Lipinski definition) is 0. The van der Waals surface area contributed by atoms with Crippen molar-refractivity contribution in [3.05, 3.63) is 82.9 Å². The highest BCUT2D eigenvalue weighted by Gasteiger charge is 2.33. The Morgan fingerprint density at radius 1 is 0.818 bits per heavy atom. The third-order valence-corrected chi connectivity index (χ3v) is 4.90. The topological polar surface area (TPSA) is 105 Å². The molecule has 8 nitrogen and oxygen atoms in total. The predicted octanol–water partition coefficient (Wildman–Crippen LogP) is 3.04. The zero-order valence-electron chi connectivity index (χ0n) is 18.2. The van der Waals surface area contributed by atoms with Crippen LogP contribution in [0, 0.1) is 0 Å². The lowest BCUT2D eigenvalue weighted by Crippen LogP contribution is -2.35. The van der Waals surface area contributed by atoms with Gasteiger partial charge in [-0.15, -0.1) is 0 Å². The van der Waals surface area contributed by atoms with E-state index in [-0.39, 0.29) is 31.8 Å². The number of ether oxygens (including phenoxy) is 4. The highest BCUT2D eigenvalue weighted by molar-refractivity contribution is 5.95. The fourth-order valence-electron chi connectivity index (χ4n) is 3.06. The molecule has 1 aliphatic heterocycles. The average Bonchev–Trinajstić information content (AvgIpc) is 2.82. The van der Waals surface area contributed by atoms with Crippen LogP contribution in [0.1, 0.15) is 30.9 Å². The first-order valence-corrected chi connectivity index (χ1v) is 10.4. The van der Waals surface area contributed by atoms with Gasteiger partial charge in [0.2, 0.25) is 6.10 Å². The van der Waals surface area contributed by atoms with Crippen LogP contribution in [0.4, 0.5) is 0 Å². The highest BCUT2D eigenvalue weighted by atomic mass is 16.6. The number of cyclic esters (lactones) is 1. The summed E-state index contributed by atoms with van der Waals surface area (Å²) >= 11 is 0. The lowest BCUT2D eigenvalue weighted by atomic mass is 10.0. The predicted molar refractivity (Wildman–Crippen MR) is 115 cm³/mol. The van der Waals surface area contributed by atoms with Crippen LogP contribution in [0.3, 0.4) is 0 Å². The third kappa shape index (κ3) is 7.31. The van der Waals surface area contributed by atoms with Gasteiger partial charge < -0.3 is 18.9 Å². The second kappa shape index (κ2) is 11.6. The maximum atomic E-state index is 12.3. The Balaban J connectivity index is 1.43. The maximum absolute atomic E-state index is 12.3. The van der Waals surface area contributed by atoms with E-state index in [1.54, 1.807) is 19.1 Å². The molecule has 0 amide bonds. The van der Waals surface area contributed by atoms with Crippen LogP contribution in [-0.4, -0.2) is 36.6 Å². The Morgan fingerprint density at radius 3 is 1.88 bits per heavy atom. The Morgan fingerprint density at radius 2 is 1.33 bits per heavy atom. The minimum atomic E-state index is -1.06. The van der Waals surface area contributed by atoms with Crippen LogP contribution in [0.2, 0.25) is 0 Å². The Bertz CT molecular complexity index is 1030. The summed E-state index contributed by atoms with van der Waals surface area (Å²) < 4.78 is 20.5. The number of carbonyl (C=O) groups is 4. The highest BCUT2D eigenvalue weighted by Crippen LogP contribution is 2.23. The molecule has 8 heteroatoms. The van der Waals surface area contributed by atoms with Gasteiger partial charge in [0.05, 0.1) is 5.57 Å². The second-order valence-corrected chi connectivity index (χ2v) is 7.43. The molecule has 3 rings (SSSR count). The van der Waals surface area contributed by atoms with Crippen molar-refractivity contribution >= 4 is 23.9 Å². The van der Waals surface area contributed by atoms with Crippen LogP contribution in [-0.2, 0) is 51.3 Å². The van der Waals surface area contributed by atoms with E-state index < -0.39 is 36.4 Å². The smallest absolute Gasteiger partial charge is 0.348 e. The quantitative estimate of drug-likeness (QED) is 0.325. The van der Waals surface area contributed by atoms with E-state index >= 15 is 0 Å². The van der Waals surface area contributed by atoms with Crippen molar-refractivity contribution in [1.82, 2.24) is 0 Å². The van der Waals surface area contributed by atoms with Gasteiger partial charge in [-0.2, -0.15) is 0 Å². The summed E-state index contributed by atoms with van der Waals surface area (Å²) in [7, 11) is 0. The molecule has 0 fully saturated rings. The molecule has 0 aliphatic carbocycles. The van der Waals surface area contributed by atoms with Gasteiger partial charge in [0.25, 0.3) is 0 Å². The first-order chi connectivity index (χ1) is 15.9. The number of carbonyl (C=O) groups excluding carboxylic acids is 4. The van der Waals surface area contributed by atoms with Crippen molar-refractivity contribution in [3.63, 3.8) is 0 Å². The molecule has 0 bridgehead atoms. The van der Waals surface area contributed by atoms with Crippen molar-refractivity contribution < 1.29 is 38.1 Å². The number of rotatable bonds is 9. The van der Waals surface area contributed by atoms with E-state index in [1.165, 1.54) is 0 Å². The standard InChI is InChI=1S/C25H24O8/c1-17-12-21(25(29)32-15-19-10-6-3-7-11-19)33-24(28)20(17)16-31-23(27)13-22(26)30-14-18-8-4-2-5-9-18/h2-11,21H,12-16H2,1H3. The molecule has 0 saturated carbocycles. The van der Waals surface area contributed by atoms with Gasteiger partial charge >= 0.3 is 23.9 Å². The second-order valence-electron chi connectivity index (χ2n) is 7.43. The lowest BCUT2D eigenvalue weighted by Gasteiger charge is -2.24. The van der Waals surface area contributed by atoms with Crippen LogP contribution in [0.15, 0.2) is 71.8 Å². The summed E-state index contributed by atoms with van der Waals surface area (Å²) in [5.41, 5.74) is 2.29. The maximum Gasteiger partial charge on any atom is 0.348 e. The molecule has 0 saturated heterocycles. The Hall–Kier alpha value is -3.94. The summed E-state index contributed by atoms with van der Waals surface area (Å²) in [4.78, 5) is 48.3. The van der Waals surface area contributed by atoms with Crippen molar-refractivity contribution in [2.24, 2.45) is 0 Å². The fraction of sp³-hybridized carbons (Fsp3) is 0.280. The van der Waals surface area contributed by atoms with Gasteiger partial charge in [-0.25, -0.2) is 9.59 Å². The van der Waals surface area contributed by atoms with Gasteiger partial charge in [0, 0.05) is 6.42 Å². The Labute approximate surface area is 191 Å². The van der Waals surface area contributed by atoms with E-state index in [2.05, 4.69) is 0 Å². The molecule has 172 valence electrons. The molecule has 1 atom stereocenters. The molecular formula is C25H24O8. The van der Waals surface area contributed by atoms with Crippen molar-refractivity contribution in [2.75, 3.05) is 6.61 Å². The van der Waals surface area contributed by atoms with Gasteiger partial charge in [-0.1, -0.05) is 66.2 Å². The number of benzene rings is 2. The molecule has 1 heterocycles. The average molecular weight is 452 g/mol. The molecule has 1 aliphatic rings. The van der Waals surface area contributed by atoms with Crippen molar-refractivity contribution in [1.29, 1.82) is 0 Å². The zero-order chi connectivity index (χ0) is 23.6. The van der Waals surface area contributed by atoms with Crippen LogP contribution in [0.5, 0.6) is 0 Å². The van der Waals surface area contributed by atoms with E-state index in [0.29, 0.717) is 5.57 Å². The molecule has 1 unspecified atom stereocenters. The van der Waals surface area contributed by atoms with E-state index in [1.807, 2.05) is 48.5 Å². The minimum absolute atomic E-state index is 0.0469. The summed E-state index contributed by atoms with van der Waals surface area (Å²) in [6, 6.07) is 18.2. The van der Waals surface area contributed by atoms with Crippen LogP contribution >= 0.6 is 0 Å². The summed E-state index contributed by atoms with van der Waals surface area (Å²) in [5.74, 6) is -2.98. The minimum Gasteiger partial charge on any atom is -0.460 e. The molecule has 0 aromatic heterocycles. The normalized spacial score (nSPS) is 15.4. The summed E-state index contributed by atoms with van der Waals surface area (Å²) in [5, 5.41) is 0. The SMILES string of the molecule is CC1=C(COC(=O)CC(=O)OCc2ccccc2)C(=O)OC(C(=O)OCc2ccccc2)C1. The molecule has 0 N–H and O–H groups in total. The lowest BCUT2D eigenvalue weighted by molar-refractivity contribution is -0.168. The molecule has 0 spiro atoms. The van der Waals surface area contributed by atoms with E-state index in [9.17, 15) is 19.2 Å². The number of hydrogen-bond acceptors (Lipinski definition) is 8. The van der Waals surface area contributed by atoms with E-state index in [0.717, 1.165) is 11.1 Å². The largest absolute Gasteiger partial charge is 0.460 e. The molecule has 0 radical (unpaired) electrons. The van der Waals surface area contributed by atoms with E-state index in [4.69, 9.17) is 18.9 Å². The summed E-state index contributed by atoms with van der Waals surface area (Å²) in [6.45, 7) is 1.41. The third-order valence-electron chi connectivity index (χ3n) is 4.90. The Kier molecular flexibility index (Phi) is 8.35. The molecular weight excluding hydrogens is 428 g/mol. The summed E-state index contributed by atoms with van der Waals surface area (Å²) in [6.07, 6.45) is -1.51. The van der Waals surface area contributed by atoms with Crippen molar-refractivity contribution in [2.45, 2.75) is 39.1 Å². The number of esters is 4. The first kappa shape index (κ1) is 23.7. The van der Waals surface area contributed by atoms with Gasteiger partial charge in [-0.05, 0) is 18.1 Å². The molecule has 2 aromatic carbocycles. The van der Waals surface area contributed by atoms with Gasteiger partial charge in [0.15, 0.2) is 0 Å².